The number of methoxy groups -OCH3 is 2. The molecule has 5 aliphatic rings. The van der Waals surface area contributed by atoms with Crippen LogP contribution < -0.4 is 56.8 Å². The fraction of sp³-hybridized carbons (Fsp3) is 0.651. The van der Waals surface area contributed by atoms with Crippen molar-refractivity contribution in [2.75, 3.05) is 266 Å². The van der Waals surface area contributed by atoms with Crippen LogP contribution in [0.5, 0.6) is 0 Å². The lowest BCUT2D eigenvalue weighted by molar-refractivity contribution is -0.125. The third kappa shape index (κ3) is 43.5. The number of aryl methyl sites for hydroxylation is 9. The highest BCUT2D eigenvalue weighted by Crippen LogP contribution is 2.24. The van der Waals surface area contributed by atoms with Crippen molar-refractivity contribution < 1.29 is 14.3 Å². The van der Waals surface area contributed by atoms with E-state index >= 15 is 0 Å². The van der Waals surface area contributed by atoms with Crippen LogP contribution in [0.1, 0.15) is 96.5 Å². The lowest BCUT2D eigenvalue weighted by Crippen LogP contribution is -2.44. The van der Waals surface area contributed by atoms with Crippen molar-refractivity contribution in [3.05, 3.63) is 126 Å². The van der Waals surface area contributed by atoms with Crippen LogP contribution in [-0.2, 0) is 14.3 Å². The molecule has 7 N–H and O–H groups in total. The second-order valence-corrected chi connectivity index (χ2v) is 31.0. The van der Waals surface area contributed by atoms with Gasteiger partial charge in [0.2, 0.25) is 5.91 Å². The molecule has 7 aromatic heterocycles. The first kappa shape index (κ1) is 101. The Balaban J connectivity index is 0.000000279. The third-order valence-corrected chi connectivity index (χ3v) is 19.5. The van der Waals surface area contributed by atoms with E-state index in [0.29, 0.717) is 6.04 Å². The molecule has 34 nitrogen and oxygen atoms in total. The van der Waals surface area contributed by atoms with E-state index in [0.717, 1.165) is 203 Å². The molecule has 34 heteroatoms. The van der Waals surface area contributed by atoms with Gasteiger partial charge >= 0.3 is 0 Å². The van der Waals surface area contributed by atoms with Crippen molar-refractivity contribution in [2.24, 2.45) is 17.8 Å². The first-order chi connectivity index (χ1) is 56.0. The molecule has 0 bridgehead atoms. The summed E-state index contributed by atoms with van der Waals surface area (Å²) < 4.78 is 10.1. The zero-order valence-electron chi connectivity index (χ0n) is 75.6. The fourth-order valence-electron chi connectivity index (χ4n) is 12.8. The molecule has 1 atom stereocenters. The van der Waals surface area contributed by atoms with Gasteiger partial charge in [-0.25, -0.2) is 69.8 Å². The van der Waals surface area contributed by atoms with Gasteiger partial charge in [0.15, 0.2) is 0 Å². The van der Waals surface area contributed by atoms with Gasteiger partial charge in [-0.1, -0.05) is 0 Å². The number of hydrogen-bond donors (Lipinski definition) is 7. The van der Waals surface area contributed by atoms with Crippen LogP contribution in [0.2, 0.25) is 0 Å². The molecular weight excluding hydrogens is 1480 g/mol. The van der Waals surface area contributed by atoms with Gasteiger partial charge in [0.05, 0.1) is 33.4 Å². The average molecular weight is 1630 g/mol. The van der Waals surface area contributed by atoms with Crippen LogP contribution in [0.3, 0.4) is 0 Å². The molecule has 5 saturated heterocycles. The molecule has 0 saturated carbocycles. The molecule has 5 aliphatic heterocycles. The molecule has 1 unspecified atom stereocenters. The Morgan fingerprint density at radius 2 is 0.880 bits per heavy atom. The summed E-state index contributed by atoms with van der Waals surface area (Å²) in [6.07, 6.45) is 16.1. The summed E-state index contributed by atoms with van der Waals surface area (Å²) in [6, 6.07) is 14.4. The minimum absolute atomic E-state index is 0.148. The number of nitrogens with one attached hydrogen (secondary N) is 7. The standard InChI is InChI=1S/C13H20N4O.C12H20N4.C11H18N4.C9H16N4.2C8H14N4.C8H17NO.C7H12N4.C7H16N2O/c1-9-8-12(16-10(2)15-9)17-6-4-11(5-7-17)13(18)14-3;1-10-7-12(15-9-14-10)13-8-11-3-5-16(2)6-4-11;1-8-6-11(14-9(2)13-8)15-5-4-10(7-15)12-3;1-8-5-9(11-6-10-8)13(4)7-12(2)3;1-7-4-8(10-5-9-7)11-6-12(2)3;1-7-4-8(11-5-10-7)12(3)6-9-2;1-9-5-3-8(4-6-9)7-10-2;1-6-3-7(10-4-8-2)11-5-9-6;1-8-3-5-9(6-4-8)7-10-2/h8,11H,4-7H2,1-3H3,(H,14,18);7,9,11H,3-6,8H2,1-2H3,(H,13,14,15);6,10,12H,4-5,7H2,1-3H3;5-6H,7H2,1-4H3;4-5H,6H2,1-3H3,(H,9,10,11);4-5,9H,6H2,1-3H3;8H,3-7H2,1-2H3;3,5,8H,4H2,1-2H3,(H,9,10,11);3-7H2,1-2H3. The number of hydrogen-bond acceptors (Lipinski definition) is 33. The number of likely N-dealkylation sites (tertiary alicyclic amines) is 2. The van der Waals surface area contributed by atoms with Crippen molar-refractivity contribution in [1.29, 1.82) is 0 Å². The molecule has 0 aliphatic carbocycles. The maximum Gasteiger partial charge on any atom is 0.222 e. The number of nitrogens with zero attached hydrogens (tertiary/aromatic N) is 24. The van der Waals surface area contributed by atoms with E-state index in [2.05, 4.69) is 173 Å². The van der Waals surface area contributed by atoms with Crippen molar-refractivity contribution in [1.82, 2.24) is 120 Å². The SMILES string of the molecule is CNC(=O)C1CCN(c2cc(C)nc(C)n2)CC1.CNC1CCN(c2cc(C)nc(C)n2)C1.CNCN(C)c1cc(C)ncn1.CNCNc1cc(C)ncn1.COCC1CCN(C)CC1.COCN1CCN(C)CC1.Cc1cc(N(C)CN(C)C)ncn1.Cc1cc(NCC2CCN(C)CC2)ncn1.Cc1cc(NCN(C)C)ncn1. The summed E-state index contributed by atoms with van der Waals surface area (Å²) in [4.78, 5) is 92.0. The second kappa shape index (κ2) is 57.3. The molecule has 0 radical (unpaired) electrons. The third-order valence-electron chi connectivity index (χ3n) is 19.5. The highest BCUT2D eigenvalue weighted by atomic mass is 16.5. The predicted octanol–water partition coefficient (Wildman–Crippen LogP) is 6.53. The van der Waals surface area contributed by atoms with Gasteiger partial charge in [-0.3, -0.25) is 19.5 Å². The first-order valence-electron chi connectivity index (χ1n) is 41.0. The van der Waals surface area contributed by atoms with E-state index in [1.807, 2.05) is 172 Å². The number of aromatic nitrogens is 14. The Morgan fingerprint density at radius 3 is 1.30 bits per heavy atom. The van der Waals surface area contributed by atoms with Crippen molar-refractivity contribution in [3.8, 4) is 0 Å². The van der Waals surface area contributed by atoms with Crippen molar-refractivity contribution in [2.45, 2.75) is 113 Å². The minimum Gasteiger partial charge on any atom is -0.384 e. The highest BCUT2D eigenvalue weighted by molar-refractivity contribution is 5.78. The molecule has 7 aromatic rings. The molecular formula is C83H147N31O3. The summed E-state index contributed by atoms with van der Waals surface area (Å²) in [5, 5.41) is 21.7. The zero-order chi connectivity index (χ0) is 86.0. The number of carbonyl (C=O) groups is 1. The summed E-state index contributed by atoms with van der Waals surface area (Å²) in [5.41, 5.74) is 6.99. The van der Waals surface area contributed by atoms with Crippen LogP contribution in [0.25, 0.3) is 0 Å². The number of amides is 1. The lowest BCUT2D eigenvalue weighted by Gasteiger charge is -2.32. The highest BCUT2D eigenvalue weighted by Gasteiger charge is 2.26. The number of piperidine rings is 3. The number of likely N-dealkylation sites (N-methyl/N-ethyl adjacent to an activating group) is 2. The van der Waals surface area contributed by atoms with E-state index < -0.39 is 0 Å². The van der Waals surface area contributed by atoms with Gasteiger partial charge in [-0.15, -0.1) is 0 Å². The molecule has 652 valence electrons. The number of rotatable bonds is 23. The average Bonchev–Trinajstić information content (AvgIpc) is 1.76. The Hall–Kier alpha value is -8.81. The maximum absolute atomic E-state index is 11.6. The van der Waals surface area contributed by atoms with Crippen molar-refractivity contribution >= 4 is 46.6 Å². The van der Waals surface area contributed by atoms with Gasteiger partial charge in [-0.05, 0) is 216 Å². The Bertz CT molecular complexity index is 3710. The van der Waals surface area contributed by atoms with E-state index in [-0.39, 0.29) is 11.8 Å². The number of carbonyl (C=O) groups excluding carboxylic acids is 1. The maximum atomic E-state index is 11.6. The first-order valence-corrected chi connectivity index (χ1v) is 41.0. The topological polar surface area (TPSA) is 333 Å². The largest absolute Gasteiger partial charge is 0.384 e. The van der Waals surface area contributed by atoms with Gasteiger partial charge < -0.3 is 81.0 Å². The predicted molar refractivity (Wildman–Crippen MR) is 476 cm³/mol. The summed E-state index contributed by atoms with van der Waals surface area (Å²) >= 11 is 0. The van der Waals surface area contributed by atoms with Gasteiger partial charge in [-0.2, -0.15) is 0 Å². The quantitative estimate of drug-likeness (QED) is 0.0335. The van der Waals surface area contributed by atoms with Crippen molar-refractivity contribution in [3.63, 3.8) is 0 Å². The Labute approximate surface area is 701 Å². The molecule has 12 heterocycles. The van der Waals surface area contributed by atoms with E-state index in [1.54, 1.807) is 52.9 Å². The van der Waals surface area contributed by atoms with Gasteiger partial charge in [0.25, 0.3) is 0 Å². The van der Waals surface area contributed by atoms with Crippen LogP contribution in [-0.4, -0.2) is 342 Å². The van der Waals surface area contributed by atoms with E-state index in [4.69, 9.17) is 9.47 Å². The molecule has 0 aromatic carbocycles. The molecule has 12 rings (SSSR count). The Morgan fingerprint density at radius 1 is 0.436 bits per heavy atom. The normalized spacial score (nSPS) is 16.0. The summed E-state index contributed by atoms with van der Waals surface area (Å²) in [6.45, 7) is 37.0. The lowest BCUT2D eigenvalue weighted by atomic mass is 9.96. The van der Waals surface area contributed by atoms with Crippen LogP contribution in [0.4, 0.5) is 40.7 Å². The van der Waals surface area contributed by atoms with E-state index in [1.165, 1.54) is 71.4 Å². The molecule has 0 spiro atoms. The van der Waals surface area contributed by atoms with Gasteiger partial charge in [0.1, 0.15) is 84.0 Å². The summed E-state index contributed by atoms with van der Waals surface area (Å²) in [7, 11) is 29.6. The zero-order valence-corrected chi connectivity index (χ0v) is 75.6. The Kier molecular flexibility index (Phi) is 49.3. The second-order valence-electron chi connectivity index (χ2n) is 31.0. The minimum atomic E-state index is 0.148. The van der Waals surface area contributed by atoms with E-state index in [9.17, 15) is 4.79 Å². The fourth-order valence-corrected chi connectivity index (χ4v) is 12.8. The number of ether oxygens (including phenoxy) is 2. The monoisotopic (exact) mass is 1630 g/mol. The van der Waals surface area contributed by atoms with Crippen LogP contribution >= 0.6 is 0 Å². The number of anilines is 7. The van der Waals surface area contributed by atoms with Gasteiger partial charge in [0, 0.05) is 195 Å². The van der Waals surface area contributed by atoms with Crippen LogP contribution in [0.15, 0.2) is 74.1 Å². The number of piperazine rings is 1. The molecule has 5 fully saturated rings. The van der Waals surface area contributed by atoms with Crippen LogP contribution in [0, 0.1) is 80.1 Å². The molecule has 1 amide bonds. The smallest absolute Gasteiger partial charge is 0.222 e. The summed E-state index contributed by atoms with van der Waals surface area (Å²) in [5.74, 6) is 10.2. The molecule has 117 heavy (non-hydrogen) atoms.